The van der Waals surface area contributed by atoms with Crippen molar-refractivity contribution >= 4 is 18.0 Å². The van der Waals surface area contributed by atoms with Crippen molar-refractivity contribution in [2.45, 2.75) is 61.9 Å². The number of amides is 2. The van der Waals surface area contributed by atoms with Gasteiger partial charge >= 0.3 is 12.1 Å². The third-order valence-corrected chi connectivity index (χ3v) is 7.31. The topological polar surface area (TPSA) is 105 Å². The molecule has 7 nitrogen and oxygen atoms in total. The summed E-state index contributed by atoms with van der Waals surface area (Å²) in [6.45, 7) is 0.213. The van der Waals surface area contributed by atoms with Crippen molar-refractivity contribution in [3.8, 4) is 11.1 Å². The van der Waals surface area contributed by atoms with Crippen LogP contribution in [0, 0.1) is 0 Å². The van der Waals surface area contributed by atoms with Gasteiger partial charge in [0.25, 0.3) is 0 Å². The summed E-state index contributed by atoms with van der Waals surface area (Å²) in [4.78, 5) is 36.8. The maximum atomic E-state index is 12.8. The smallest absolute Gasteiger partial charge is 0.407 e. The predicted octanol–water partition coefficient (Wildman–Crippen LogP) is 3.96. The Bertz CT molecular complexity index is 1060. The summed E-state index contributed by atoms with van der Waals surface area (Å²) in [5.74, 6) is -1.37. The van der Waals surface area contributed by atoms with Crippen LogP contribution in [0.1, 0.15) is 62.0 Å². The van der Waals surface area contributed by atoms with E-state index in [1.165, 1.54) is 11.1 Å². The average molecular weight is 449 g/mol. The van der Waals surface area contributed by atoms with Gasteiger partial charge in [-0.2, -0.15) is 0 Å². The van der Waals surface area contributed by atoms with E-state index in [1.807, 2.05) is 24.3 Å². The van der Waals surface area contributed by atoms with E-state index in [1.54, 1.807) is 0 Å². The first-order chi connectivity index (χ1) is 15.9. The van der Waals surface area contributed by atoms with E-state index in [-0.39, 0.29) is 24.9 Å². The highest BCUT2D eigenvalue weighted by Gasteiger charge is 2.52. The Hall–Kier alpha value is -3.35. The van der Waals surface area contributed by atoms with E-state index < -0.39 is 23.1 Å². The molecule has 2 fully saturated rings. The molecule has 33 heavy (non-hydrogen) atoms. The lowest BCUT2D eigenvalue weighted by molar-refractivity contribution is -0.143. The largest absolute Gasteiger partial charge is 0.480 e. The molecule has 5 rings (SSSR count). The number of hydrogen-bond donors (Lipinski definition) is 3. The highest BCUT2D eigenvalue weighted by Crippen LogP contribution is 2.44. The maximum absolute atomic E-state index is 12.8. The summed E-state index contributed by atoms with van der Waals surface area (Å²) in [5, 5.41) is 15.0. The number of carboxylic acids is 1. The third kappa shape index (κ3) is 4.08. The van der Waals surface area contributed by atoms with Gasteiger partial charge < -0.3 is 20.5 Å². The van der Waals surface area contributed by atoms with E-state index in [0.717, 1.165) is 24.0 Å². The normalized spacial score (nSPS) is 19.3. The van der Waals surface area contributed by atoms with E-state index in [0.29, 0.717) is 25.7 Å². The minimum absolute atomic E-state index is 0.0312. The first-order valence-corrected chi connectivity index (χ1v) is 11.6. The van der Waals surface area contributed by atoms with Crippen LogP contribution < -0.4 is 10.6 Å². The Labute approximate surface area is 192 Å². The van der Waals surface area contributed by atoms with Gasteiger partial charge in [0, 0.05) is 12.3 Å². The molecule has 0 bridgehead atoms. The molecule has 2 aromatic rings. The summed E-state index contributed by atoms with van der Waals surface area (Å²) in [6.07, 6.45) is 3.57. The first-order valence-electron chi connectivity index (χ1n) is 11.6. The van der Waals surface area contributed by atoms with Gasteiger partial charge in [0.1, 0.15) is 12.1 Å². The quantitative estimate of drug-likeness (QED) is 0.595. The molecule has 0 radical (unpaired) electrons. The Balaban J connectivity index is 1.24. The highest BCUT2D eigenvalue weighted by atomic mass is 16.5. The molecule has 7 heteroatoms. The molecule has 0 spiro atoms. The minimum atomic E-state index is -1.12. The number of aliphatic carboxylic acids is 1. The van der Waals surface area contributed by atoms with Gasteiger partial charge in [0.05, 0.1) is 5.54 Å². The second-order valence-electron chi connectivity index (χ2n) is 9.55. The number of nitrogens with one attached hydrogen (secondary N) is 2. The van der Waals surface area contributed by atoms with Gasteiger partial charge in [-0.3, -0.25) is 4.79 Å². The number of ether oxygens (including phenoxy) is 1. The number of fused-ring (bicyclic) bond motifs is 3. The zero-order valence-corrected chi connectivity index (χ0v) is 18.4. The number of hydrogen-bond acceptors (Lipinski definition) is 4. The summed E-state index contributed by atoms with van der Waals surface area (Å²) >= 11 is 0. The van der Waals surface area contributed by atoms with Crippen molar-refractivity contribution in [3.63, 3.8) is 0 Å². The molecule has 0 unspecified atom stereocenters. The number of carbonyl (C=O) groups is 3. The van der Waals surface area contributed by atoms with Crippen molar-refractivity contribution in [1.82, 2.24) is 10.6 Å². The van der Waals surface area contributed by atoms with Crippen LogP contribution in [0.15, 0.2) is 48.5 Å². The van der Waals surface area contributed by atoms with Crippen LogP contribution in [0.2, 0.25) is 0 Å². The van der Waals surface area contributed by atoms with Crippen LogP contribution in [-0.2, 0) is 14.3 Å². The van der Waals surface area contributed by atoms with Crippen LogP contribution in [-0.4, -0.2) is 40.8 Å². The van der Waals surface area contributed by atoms with Crippen molar-refractivity contribution < 1.29 is 24.2 Å². The third-order valence-electron chi connectivity index (χ3n) is 7.31. The number of rotatable bonds is 7. The maximum Gasteiger partial charge on any atom is 0.407 e. The molecule has 0 aliphatic heterocycles. The van der Waals surface area contributed by atoms with Crippen LogP contribution in [0.25, 0.3) is 11.1 Å². The highest BCUT2D eigenvalue weighted by molar-refractivity contribution is 5.90. The van der Waals surface area contributed by atoms with E-state index >= 15 is 0 Å². The molecule has 172 valence electrons. The SMILES string of the molecule is O=C(CC1(NC(=O)OCC2c3ccccc3-c3ccccc32)CCCC1)NC1(C(=O)O)CC1. The molecule has 3 aliphatic carbocycles. The van der Waals surface area contributed by atoms with Crippen LogP contribution in [0.3, 0.4) is 0 Å². The van der Waals surface area contributed by atoms with Crippen LogP contribution >= 0.6 is 0 Å². The van der Waals surface area contributed by atoms with E-state index in [9.17, 15) is 19.5 Å². The molecule has 0 saturated heterocycles. The summed E-state index contributed by atoms with van der Waals surface area (Å²) < 4.78 is 5.68. The van der Waals surface area contributed by atoms with Gasteiger partial charge in [-0.25, -0.2) is 9.59 Å². The van der Waals surface area contributed by atoms with E-state index in [4.69, 9.17) is 4.74 Å². The minimum Gasteiger partial charge on any atom is -0.480 e. The lowest BCUT2D eigenvalue weighted by Gasteiger charge is -2.30. The molecule has 0 atom stereocenters. The second kappa shape index (κ2) is 8.21. The number of carboxylic acid groups (broad SMARTS) is 1. The number of benzene rings is 2. The lowest BCUT2D eigenvalue weighted by Crippen LogP contribution is -2.52. The second-order valence-corrected chi connectivity index (χ2v) is 9.55. The monoisotopic (exact) mass is 448 g/mol. The molecule has 2 aromatic carbocycles. The van der Waals surface area contributed by atoms with Crippen LogP contribution in [0.4, 0.5) is 4.79 Å². The summed E-state index contributed by atoms with van der Waals surface area (Å²) in [7, 11) is 0. The fourth-order valence-corrected chi connectivity index (χ4v) is 5.38. The zero-order valence-electron chi connectivity index (χ0n) is 18.4. The summed E-state index contributed by atoms with van der Waals surface area (Å²) in [5.41, 5.74) is 2.80. The van der Waals surface area contributed by atoms with Crippen molar-refractivity contribution in [2.75, 3.05) is 6.61 Å². The Morgan fingerprint density at radius 2 is 1.45 bits per heavy atom. The molecule has 3 aliphatic rings. The molecule has 0 heterocycles. The Morgan fingerprint density at radius 3 is 2.00 bits per heavy atom. The van der Waals surface area contributed by atoms with Crippen LogP contribution in [0.5, 0.6) is 0 Å². The summed E-state index contributed by atoms with van der Waals surface area (Å²) in [6, 6.07) is 16.3. The van der Waals surface area contributed by atoms with Gasteiger partial charge in [0.2, 0.25) is 5.91 Å². The number of carbonyl (C=O) groups excluding carboxylic acids is 2. The Kier molecular flexibility index (Phi) is 5.35. The number of alkyl carbamates (subject to hydrolysis) is 1. The van der Waals surface area contributed by atoms with Crippen molar-refractivity contribution in [3.05, 3.63) is 59.7 Å². The Morgan fingerprint density at radius 1 is 0.879 bits per heavy atom. The first kappa shape index (κ1) is 21.5. The molecular formula is C26H28N2O5. The van der Waals surface area contributed by atoms with E-state index in [2.05, 4.69) is 34.9 Å². The average Bonchev–Trinajstić information content (AvgIpc) is 3.33. The van der Waals surface area contributed by atoms with Gasteiger partial charge in [-0.1, -0.05) is 61.4 Å². The van der Waals surface area contributed by atoms with Crippen molar-refractivity contribution in [1.29, 1.82) is 0 Å². The fourth-order valence-electron chi connectivity index (χ4n) is 5.38. The van der Waals surface area contributed by atoms with Gasteiger partial charge in [0.15, 0.2) is 0 Å². The molecular weight excluding hydrogens is 420 g/mol. The van der Waals surface area contributed by atoms with Gasteiger partial charge in [-0.05, 0) is 47.9 Å². The lowest BCUT2D eigenvalue weighted by atomic mass is 9.92. The van der Waals surface area contributed by atoms with Crippen molar-refractivity contribution in [2.24, 2.45) is 0 Å². The van der Waals surface area contributed by atoms with Gasteiger partial charge in [-0.15, -0.1) is 0 Å². The fraction of sp³-hybridized carbons (Fsp3) is 0.423. The molecule has 2 amide bonds. The standard InChI is InChI=1S/C26H28N2O5/c29-22(27-26(13-14-26)23(30)31)15-25(11-5-6-12-25)28-24(32)33-16-21-19-9-3-1-7-17(19)18-8-2-4-10-20(18)21/h1-4,7-10,21H,5-6,11-16H2,(H,27,29)(H,28,32)(H,30,31). The molecule has 0 aromatic heterocycles. The predicted molar refractivity (Wildman–Crippen MR) is 122 cm³/mol. The molecule has 2 saturated carbocycles. The zero-order chi connectivity index (χ0) is 23.1. The molecule has 3 N–H and O–H groups in total.